The van der Waals surface area contributed by atoms with Gasteiger partial charge in [0.15, 0.2) is 6.10 Å². The van der Waals surface area contributed by atoms with Gasteiger partial charge in [-0.1, -0.05) is 0 Å². The summed E-state index contributed by atoms with van der Waals surface area (Å²) in [4.78, 5) is 11.6. The molecule has 0 saturated carbocycles. The second-order valence-corrected chi connectivity index (χ2v) is 4.37. The maximum Gasteiger partial charge on any atom is 0.333 e. The van der Waals surface area contributed by atoms with Crippen LogP contribution in [0, 0.1) is 0 Å². The third-order valence-corrected chi connectivity index (χ3v) is 2.59. The summed E-state index contributed by atoms with van der Waals surface area (Å²) >= 11 is 0. The van der Waals surface area contributed by atoms with Crippen molar-refractivity contribution in [3.63, 3.8) is 0 Å². The van der Waals surface area contributed by atoms with Crippen LogP contribution in [0.5, 0.6) is 0 Å². The van der Waals surface area contributed by atoms with E-state index in [1.54, 1.807) is 0 Å². The second-order valence-electron chi connectivity index (χ2n) is 4.37. The fourth-order valence-corrected chi connectivity index (χ4v) is 1.44. The molecular formula is C10H21NO8. The number of aliphatic carboxylic acids is 1. The zero-order valence-corrected chi connectivity index (χ0v) is 10.5. The van der Waals surface area contributed by atoms with Gasteiger partial charge < -0.3 is 40.6 Å². The number of carboxylic acid groups (broad SMARTS) is 1. The number of aliphatic hydroxyl groups is 6. The monoisotopic (exact) mass is 284 g/mol. The lowest BCUT2D eigenvalue weighted by atomic mass is 10.1. The summed E-state index contributed by atoms with van der Waals surface area (Å²) in [7, 11) is 1.40. The molecule has 0 fully saturated rings. The summed E-state index contributed by atoms with van der Waals surface area (Å²) in [6, 6.07) is 0. The first-order valence-corrected chi connectivity index (χ1v) is 5.63. The fourth-order valence-electron chi connectivity index (χ4n) is 1.44. The Morgan fingerprint density at radius 3 is 1.89 bits per heavy atom. The van der Waals surface area contributed by atoms with E-state index >= 15 is 0 Å². The Bertz CT molecular complexity index is 276. The molecule has 0 saturated heterocycles. The summed E-state index contributed by atoms with van der Waals surface area (Å²) in [6.45, 7) is -1.29. The Morgan fingerprint density at radius 2 is 1.47 bits per heavy atom. The van der Waals surface area contributed by atoms with Crippen LogP contribution >= 0.6 is 0 Å². The number of carbonyl (C=O) groups is 1. The lowest BCUT2D eigenvalue weighted by Crippen LogP contribution is -2.50. The van der Waals surface area contributed by atoms with Crippen molar-refractivity contribution in [2.45, 2.75) is 30.5 Å². The van der Waals surface area contributed by atoms with Crippen LogP contribution in [-0.4, -0.2) is 104 Å². The molecule has 7 N–H and O–H groups in total. The molecule has 0 aromatic carbocycles. The highest BCUT2D eigenvalue weighted by molar-refractivity contribution is 5.72. The van der Waals surface area contributed by atoms with Gasteiger partial charge in [0.1, 0.15) is 18.3 Å². The average Bonchev–Trinajstić information content (AvgIpc) is 2.35. The number of hydrogen-bond donors (Lipinski definition) is 7. The van der Waals surface area contributed by atoms with Crippen LogP contribution < -0.4 is 0 Å². The van der Waals surface area contributed by atoms with Gasteiger partial charge in [-0.25, -0.2) is 4.79 Å². The highest BCUT2D eigenvalue weighted by atomic mass is 16.4. The number of likely N-dealkylation sites (N-methyl/N-ethyl adjacent to an activating group) is 1. The molecule has 5 atom stereocenters. The molecule has 0 aliphatic rings. The average molecular weight is 284 g/mol. The first kappa shape index (κ1) is 18.2. The first-order valence-electron chi connectivity index (χ1n) is 5.63. The Kier molecular flexibility index (Phi) is 8.02. The molecule has 0 aromatic rings. The number of aliphatic hydroxyl groups excluding tert-OH is 6. The van der Waals surface area contributed by atoms with Crippen molar-refractivity contribution in [1.29, 1.82) is 0 Å². The largest absolute Gasteiger partial charge is 0.479 e. The Morgan fingerprint density at radius 1 is 1.00 bits per heavy atom. The van der Waals surface area contributed by atoms with Crippen molar-refractivity contribution < 1.29 is 40.5 Å². The Balaban J connectivity index is 4.28. The van der Waals surface area contributed by atoms with Gasteiger partial charge in [-0.2, -0.15) is 0 Å². The Hall–Kier alpha value is -0.810. The Labute approximate surface area is 110 Å². The molecule has 9 nitrogen and oxygen atoms in total. The number of nitrogens with zero attached hydrogens (tertiary/aromatic N) is 1. The smallest absolute Gasteiger partial charge is 0.333 e. The minimum Gasteiger partial charge on any atom is -0.479 e. The summed E-state index contributed by atoms with van der Waals surface area (Å²) in [6.07, 6.45) is -8.17. The van der Waals surface area contributed by atoms with Gasteiger partial charge in [-0.05, 0) is 7.05 Å². The van der Waals surface area contributed by atoms with Crippen LogP contribution in [-0.2, 0) is 4.79 Å². The zero-order chi connectivity index (χ0) is 15.2. The van der Waals surface area contributed by atoms with Gasteiger partial charge in [-0.15, -0.1) is 0 Å². The molecule has 0 radical (unpaired) electrons. The highest BCUT2D eigenvalue weighted by Crippen LogP contribution is 2.06. The zero-order valence-electron chi connectivity index (χ0n) is 10.5. The van der Waals surface area contributed by atoms with Gasteiger partial charge in [0, 0.05) is 13.1 Å². The molecule has 0 spiro atoms. The van der Waals surface area contributed by atoms with Crippen LogP contribution in [0.3, 0.4) is 0 Å². The van der Waals surface area contributed by atoms with E-state index in [1.807, 2.05) is 0 Å². The maximum atomic E-state index is 10.4. The second kappa shape index (κ2) is 8.38. The lowest BCUT2D eigenvalue weighted by Gasteiger charge is -2.28. The first-order chi connectivity index (χ1) is 8.70. The third kappa shape index (κ3) is 6.25. The van der Waals surface area contributed by atoms with Crippen LogP contribution in [0.15, 0.2) is 0 Å². The minimum absolute atomic E-state index is 0.235. The normalized spacial score (nSPS) is 19.8. The summed E-state index contributed by atoms with van der Waals surface area (Å²) < 4.78 is 0. The van der Waals surface area contributed by atoms with E-state index in [9.17, 15) is 20.1 Å². The topological polar surface area (TPSA) is 162 Å². The predicted molar refractivity (Wildman–Crippen MR) is 62.3 cm³/mol. The minimum atomic E-state index is -1.74. The molecular weight excluding hydrogens is 263 g/mol. The SMILES string of the molecule is CN(CC(O)C(=O)O)[13CH2][C@H](O)[C@@H](O)[C@H](O)[C@H](O)CO. The van der Waals surface area contributed by atoms with Crippen LogP contribution in [0.4, 0.5) is 0 Å². The van der Waals surface area contributed by atoms with E-state index in [-0.39, 0.29) is 13.1 Å². The van der Waals surface area contributed by atoms with E-state index in [1.165, 1.54) is 11.9 Å². The van der Waals surface area contributed by atoms with Gasteiger partial charge in [0.25, 0.3) is 0 Å². The summed E-state index contributed by atoms with van der Waals surface area (Å²) in [5.41, 5.74) is 0. The molecule has 9 heteroatoms. The molecule has 0 aliphatic heterocycles. The quantitative estimate of drug-likeness (QED) is 0.208. The van der Waals surface area contributed by atoms with Crippen molar-refractivity contribution in [2.75, 3.05) is 26.7 Å². The molecule has 1 unspecified atom stereocenters. The number of hydrogen-bond acceptors (Lipinski definition) is 8. The van der Waals surface area contributed by atoms with Gasteiger partial charge in [0.05, 0.1) is 12.7 Å². The van der Waals surface area contributed by atoms with E-state index in [4.69, 9.17) is 20.4 Å². The maximum absolute atomic E-state index is 10.4. The fraction of sp³-hybridized carbons (Fsp3) is 0.900. The molecule has 0 bridgehead atoms. The van der Waals surface area contributed by atoms with E-state index in [0.29, 0.717) is 0 Å². The van der Waals surface area contributed by atoms with E-state index in [0.717, 1.165) is 0 Å². The molecule has 114 valence electrons. The van der Waals surface area contributed by atoms with Gasteiger partial charge >= 0.3 is 5.97 Å². The molecule has 0 aromatic heterocycles. The number of rotatable bonds is 9. The van der Waals surface area contributed by atoms with Crippen LogP contribution in [0.2, 0.25) is 0 Å². The van der Waals surface area contributed by atoms with Crippen molar-refractivity contribution in [2.24, 2.45) is 0 Å². The predicted octanol–water partition coefficient (Wildman–Crippen LogP) is -4.20. The summed E-state index contributed by atoms with van der Waals surface area (Å²) in [5.74, 6) is -1.42. The molecule has 0 aliphatic carbocycles. The molecule has 0 heterocycles. The highest BCUT2D eigenvalue weighted by Gasteiger charge is 2.31. The standard InChI is InChI=1S/C10H21NO8/c1-11(3-6(14)10(18)19)2-5(13)8(16)9(17)7(15)4-12/h5-9,12-17H,2-4H2,1H3,(H,18,19)/t5-,6?,7+,8+,9+/m0/s1/i2+1. The van der Waals surface area contributed by atoms with Gasteiger partial charge in [0.2, 0.25) is 0 Å². The van der Waals surface area contributed by atoms with Crippen molar-refractivity contribution in [3.8, 4) is 0 Å². The number of carboxylic acids is 1. The molecule has 0 rings (SSSR count). The third-order valence-electron chi connectivity index (χ3n) is 2.59. The van der Waals surface area contributed by atoms with Crippen molar-refractivity contribution >= 4 is 5.97 Å². The van der Waals surface area contributed by atoms with Crippen molar-refractivity contribution in [3.05, 3.63) is 0 Å². The van der Waals surface area contributed by atoms with Crippen molar-refractivity contribution in [1.82, 2.24) is 4.90 Å². The van der Waals surface area contributed by atoms with E-state index < -0.39 is 43.1 Å². The van der Waals surface area contributed by atoms with Crippen LogP contribution in [0.1, 0.15) is 0 Å². The molecule has 19 heavy (non-hydrogen) atoms. The van der Waals surface area contributed by atoms with E-state index in [2.05, 4.69) is 0 Å². The lowest BCUT2D eigenvalue weighted by molar-refractivity contribution is -0.148. The van der Waals surface area contributed by atoms with Crippen LogP contribution in [0.25, 0.3) is 0 Å². The van der Waals surface area contributed by atoms with Gasteiger partial charge in [-0.3, -0.25) is 0 Å². The summed E-state index contributed by atoms with van der Waals surface area (Å²) in [5, 5.41) is 63.7. The molecule has 0 amide bonds.